The number of nitrogens with zero attached hydrogens (tertiary/aromatic N) is 2. The van der Waals surface area contributed by atoms with Gasteiger partial charge >= 0.3 is 0 Å². The Morgan fingerprint density at radius 3 is 2.65 bits per heavy atom. The fraction of sp³-hybridized carbons (Fsp3) is 0.500. The van der Waals surface area contributed by atoms with Crippen LogP contribution in [-0.4, -0.2) is 18.7 Å². The third-order valence-corrected chi connectivity index (χ3v) is 2.86. The van der Waals surface area contributed by atoms with Crippen LogP contribution in [0.4, 0.5) is 5.69 Å². The highest BCUT2D eigenvalue weighted by Crippen LogP contribution is 2.27. The molecule has 2 unspecified atom stereocenters. The van der Waals surface area contributed by atoms with Gasteiger partial charge in [0.1, 0.15) is 0 Å². The Hall–Kier alpha value is -1.53. The number of aliphatic hydroxyl groups is 1. The van der Waals surface area contributed by atoms with Crippen molar-refractivity contribution in [2.24, 2.45) is 5.92 Å². The molecule has 3 nitrogen and oxygen atoms in total. The summed E-state index contributed by atoms with van der Waals surface area (Å²) in [5.41, 5.74) is 1.94. The van der Waals surface area contributed by atoms with E-state index in [2.05, 4.69) is 6.07 Å². The number of rotatable bonds is 5. The van der Waals surface area contributed by atoms with E-state index in [1.165, 1.54) is 0 Å². The Labute approximate surface area is 103 Å². The van der Waals surface area contributed by atoms with E-state index in [0.29, 0.717) is 13.0 Å². The molecule has 0 saturated heterocycles. The molecule has 0 aliphatic rings. The minimum Gasteiger partial charge on any atom is -0.388 e. The monoisotopic (exact) mass is 232 g/mol. The highest BCUT2D eigenvalue weighted by atomic mass is 16.3. The van der Waals surface area contributed by atoms with Gasteiger partial charge in [-0.3, -0.25) is 0 Å². The van der Waals surface area contributed by atoms with Crippen molar-refractivity contribution in [3.8, 4) is 6.07 Å². The Morgan fingerprint density at radius 1 is 1.41 bits per heavy atom. The molecule has 1 N–H and O–H groups in total. The number of nitriles is 1. The van der Waals surface area contributed by atoms with Gasteiger partial charge in [-0.1, -0.05) is 25.1 Å². The Balaban J connectivity index is 2.93. The predicted octanol–water partition coefficient (Wildman–Crippen LogP) is 2.73. The average Bonchev–Trinajstić information content (AvgIpc) is 2.37. The molecule has 2 atom stereocenters. The molecule has 0 aliphatic heterocycles. The van der Waals surface area contributed by atoms with E-state index in [0.717, 1.165) is 11.3 Å². The second-order valence-electron chi connectivity index (χ2n) is 4.39. The van der Waals surface area contributed by atoms with Gasteiger partial charge in [0.25, 0.3) is 0 Å². The molecule has 0 amide bonds. The molecule has 1 aromatic rings. The van der Waals surface area contributed by atoms with Gasteiger partial charge in [-0.15, -0.1) is 0 Å². The molecular weight excluding hydrogens is 212 g/mol. The molecule has 0 aromatic heterocycles. The molecule has 1 rings (SSSR count). The van der Waals surface area contributed by atoms with E-state index in [4.69, 9.17) is 5.26 Å². The third kappa shape index (κ3) is 3.47. The first-order valence-corrected chi connectivity index (χ1v) is 5.97. The summed E-state index contributed by atoms with van der Waals surface area (Å²) in [4.78, 5) is 2.03. The van der Waals surface area contributed by atoms with Gasteiger partial charge in [0, 0.05) is 24.8 Å². The van der Waals surface area contributed by atoms with Crippen molar-refractivity contribution in [3.05, 3.63) is 29.8 Å². The lowest BCUT2D eigenvalue weighted by atomic mass is 10.0. The van der Waals surface area contributed by atoms with Gasteiger partial charge < -0.3 is 10.0 Å². The minimum absolute atomic E-state index is 0.0215. The molecule has 1 aromatic carbocycles. The van der Waals surface area contributed by atoms with Gasteiger partial charge in [-0.25, -0.2) is 0 Å². The van der Waals surface area contributed by atoms with E-state index in [1.54, 1.807) is 0 Å². The van der Waals surface area contributed by atoms with Crippen molar-refractivity contribution >= 4 is 5.69 Å². The smallest absolute Gasteiger partial charge is 0.0807 e. The van der Waals surface area contributed by atoms with Crippen LogP contribution in [-0.2, 0) is 0 Å². The average molecular weight is 232 g/mol. The maximum atomic E-state index is 9.96. The molecule has 17 heavy (non-hydrogen) atoms. The van der Waals surface area contributed by atoms with Gasteiger partial charge in [-0.05, 0) is 19.4 Å². The van der Waals surface area contributed by atoms with Crippen LogP contribution in [0.5, 0.6) is 0 Å². The van der Waals surface area contributed by atoms with Gasteiger partial charge in [0.05, 0.1) is 18.1 Å². The molecule has 0 aliphatic carbocycles. The number of hydrogen-bond acceptors (Lipinski definition) is 3. The molecular formula is C14H20N2O. The molecule has 0 heterocycles. The molecule has 0 radical (unpaired) electrons. The standard InChI is InChI=1S/C14H20N2O/c1-4-14(17)12-7-5-6-8-13(12)16(3)10-11(2)9-15/h5-8,11,14,17H,4,10H2,1-3H3. The van der Waals surface area contributed by atoms with Crippen LogP contribution in [0, 0.1) is 17.2 Å². The van der Waals surface area contributed by atoms with Gasteiger partial charge in [-0.2, -0.15) is 5.26 Å². The topological polar surface area (TPSA) is 47.3 Å². The zero-order chi connectivity index (χ0) is 12.8. The van der Waals surface area contributed by atoms with Crippen LogP contribution in [0.15, 0.2) is 24.3 Å². The highest BCUT2D eigenvalue weighted by Gasteiger charge is 2.14. The van der Waals surface area contributed by atoms with Crippen LogP contribution in [0.1, 0.15) is 31.9 Å². The summed E-state index contributed by atoms with van der Waals surface area (Å²) in [5, 5.41) is 18.8. The van der Waals surface area contributed by atoms with Crippen molar-refractivity contribution in [1.82, 2.24) is 0 Å². The first-order valence-electron chi connectivity index (χ1n) is 5.97. The summed E-state index contributed by atoms with van der Waals surface area (Å²) < 4.78 is 0. The van der Waals surface area contributed by atoms with E-state index in [-0.39, 0.29) is 5.92 Å². The van der Waals surface area contributed by atoms with E-state index in [9.17, 15) is 5.11 Å². The maximum absolute atomic E-state index is 9.96. The number of para-hydroxylation sites is 1. The van der Waals surface area contributed by atoms with Crippen LogP contribution in [0.2, 0.25) is 0 Å². The molecule has 0 fully saturated rings. The number of aliphatic hydroxyl groups excluding tert-OH is 1. The van der Waals surface area contributed by atoms with Crippen molar-refractivity contribution in [2.45, 2.75) is 26.4 Å². The second-order valence-corrected chi connectivity index (χ2v) is 4.39. The zero-order valence-corrected chi connectivity index (χ0v) is 10.7. The number of anilines is 1. The Morgan fingerprint density at radius 2 is 2.06 bits per heavy atom. The van der Waals surface area contributed by atoms with Gasteiger partial charge in [0.15, 0.2) is 0 Å². The normalized spacial score (nSPS) is 13.8. The molecule has 0 bridgehead atoms. The van der Waals surface area contributed by atoms with Gasteiger partial charge in [0.2, 0.25) is 0 Å². The third-order valence-electron chi connectivity index (χ3n) is 2.86. The number of benzene rings is 1. The quantitative estimate of drug-likeness (QED) is 0.849. The fourth-order valence-electron chi connectivity index (χ4n) is 1.89. The summed E-state index contributed by atoms with van der Waals surface area (Å²) in [6, 6.07) is 10.0. The minimum atomic E-state index is -0.439. The summed E-state index contributed by atoms with van der Waals surface area (Å²) in [7, 11) is 1.95. The molecule has 0 saturated carbocycles. The molecule has 92 valence electrons. The lowest BCUT2D eigenvalue weighted by Gasteiger charge is -2.25. The van der Waals surface area contributed by atoms with Crippen LogP contribution >= 0.6 is 0 Å². The predicted molar refractivity (Wildman–Crippen MR) is 69.7 cm³/mol. The van der Waals surface area contributed by atoms with Crippen LogP contribution < -0.4 is 4.90 Å². The second kappa shape index (κ2) is 6.27. The van der Waals surface area contributed by atoms with Crippen molar-refractivity contribution in [2.75, 3.05) is 18.5 Å². The Kier molecular flexibility index (Phi) is 4.99. The molecule has 3 heteroatoms. The van der Waals surface area contributed by atoms with Crippen molar-refractivity contribution < 1.29 is 5.11 Å². The zero-order valence-electron chi connectivity index (χ0n) is 10.7. The highest BCUT2D eigenvalue weighted by molar-refractivity contribution is 5.54. The Bertz CT molecular complexity index is 397. The van der Waals surface area contributed by atoms with E-state index in [1.807, 2.05) is 50.1 Å². The van der Waals surface area contributed by atoms with E-state index < -0.39 is 6.10 Å². The van der Waals surface area contributed by atoms with Crippen molar-refractivity contribution in [3.63, 3.8) is 0 Å². The summed E-state index contributed by atoms with van der Waals surface area (Å²) in [5.74, 6) is -0.0215. The number of hydrogen-bond donors (Lipinski definition) is 1. The summed E-state index contributed by atoms with van der Waals surface area (Å²) >= 11 is 0. The largest absolute Gasteiger partial charge is 0.388 e. The van der Waals surface area contributed by atoms with Crippen molar-refractivity contribution in [1.29, 1.82) is 5.26 Å². The summed E-state index contributed by atoms with van der Waals surface area (Å²) in [6.45, 7) is 4.53. The fourth-order valence-corrected chi connectivity index (χ4v) is 1.89. The first kappa shape index (κ1) is 13.5. The van der Waals surface area contributed by atoms with E-state index >= 15 is 0 Å². The summed E-state index contributed by atoms with van der Waals surface area (Å²) in [6.07, 6.45) is 0.254. The lowest BCUT2D eigenvalue weighted by molar-refractivity contribution is 0.174. The maximum Gasteiger partial charge on any atom is 0.0807 e. The molecule has 0 spiro atoms. The first-order chi connectivity index (χ1) is 8.10. The lowest BCUT2D eigenvalue weighted by Crippen LogP contribution is -2.24. The SMILES string of the molecule is CCC(O)c1ccccc1N(C)CC(C)C#N. The van der Waals surface area contributed by atoms with Crippen LogP contribution in [0.25, 0.3) is 0 Å². The van der Waals surface area contributed by atoms with Crippen LogP contribution in [0.3, 0.4) is 0 Å².